The van der Waals surface area contributed by atoms with E-state index in [0.29, 0.717) is 6.42 Å². The molecule has 1 aliphatic carbocycles. The molecule has 1 radical (unpaired) electrons. The lowest BCUT2D eigenvalue weighted by molar-refractivity contribution is 0.283. The zero-order valence-electron chi connectivity index (χ0n) is 9.44. The van der Waals surface area contributed by atoms with E-state index in [1.54, 1.807) is 0 Å². The minimum absolute atomic E-state index is 0.0448. The summed E-state index contributed by atoms with van der Waals surface area (Å²) >= 11 is 0. The molecule has 0 bridgehead atoms. The van der Waals surface area contributed by atoms with Gasteiger partial charge in [-0.1, -0.05) is 6.08 Å². The fourth-order valence-corrected chi connectivity index (χ4v) is 1.73. The molecule has 0 spiro atoms. The summed E-state index contributed by atoms with van der Waals surface area (Å²) in [5.74, 6) is -5.18. The van der Waals surface area contributed by atoms with Crippen molar-refractivity contribution in [1.82, 2.24) is 0 Å². The van der Waals surface area contributed by atoms with E-state index in [9.17, 15) is 17.6 Å². The lowest BCUT2D eigenvalue weighted by Gasteiger charge is -2.16. The van der Waals surface area contributed by atoms with Crippen LogP contribution in [0.25, 0.3) is 5.57 Å². The van der Waals surface area contributed by atoms with Gasteiger partial charge in [0.05, 0.1) is 7.11 Å². The van der Waals surface area contributed by atoms with E-state index in [1.807, 2.05) is 0 Å². The summed E-state index contributed by atoms with van der Waals surface area (Å²) in [6.07, 6.45) is 3.18. The van der Waals surface area contributed by atoms with E-state index < -0.39 is 23.3 Å². The molecule has 5 heteroatoms. The number of hydrogen-bond acceptors (Lipinski definition) is 1. The Bertz CT molecular complexity index is 546. The van der Waals surface area contributed by atoms with Crippen molar-refractivity contribution in [1.29, 1.82) is 0 Å². The first-order valence-electron chi connectivity index (χ1n) is 5.17. The van der Waals surface area contributed by atoms with Crippen LogP contribution in [0.4, 0.5) is 17.6 Å². The average Bonchev–Trinajstić information content (AvgIpc) is 2.37. The summed E-state index contributed by atoms with van der Waals surface area (Å²) in [6, 6.07) is 1.75. The average molecular weight is 257 g/mol. The Hall–Kier alpha value is -1.78. The van der Waals surface area contributed by atoms with E-state index >= 15 is 0 Å². The van der Waals surface area contributed by atoms with Crippen LogP contribution >= 0.6 is 0 Å². The van der Waals surface area contributed by atoms with Crippen molar-refractivity contribution in [2.45, 2.75) is 6.42 Å². The number of halogens is 4. The van der Waals surface area contributed by atoms with Gasteiger partial charge in [0.25, 0.3) is 0 Å². The molecule has 2 rings (SSSR count). The van der Waals surface area contributed by atoms with E-state index in [0.717, 1.165) is 12.1 Å². The van der Waals surface area contributed by atoms with Crippen LogP contribution in [0, 0.1) is 23.9 Å². The molecule has 0 saturated carbocycles. The second-order valence-corrected chi connectivity index (χ2v) is 3.66. The monoisotopic (exact) mass is 257 g/mol. The Labute approximate surface area is 101 Å². The predicted molar refractivity (Wildman–Crippen MR) is 58.4 cm³/mol. The van der Waals surface area contributed by atoms with Crippen LogP contribution in [0.1, 0.15) is 12.0 Å². The molecule has 1 aliphatic rings. The van der Waals surface area contributed by atoms with Crippen molar-refractivity contribution in [3.63, 3.8) is 0 Å². The SMILES string of the molecule is COC1=C(F)C(c2ccc(F)c(F)c2F)=CC[CH]1. The van der Waals surface area contributed by atoms with Gasteiger partial charge in [-0.15, -0.1) is 0 Å². The molecule has 0 heterocycles. The van der Waals surface area contributed by atoms with Gasteiger partial charge in [0.15, 0.2) is 23.3 Å². The number of methoxy groups -OCH3 is 1. The third kappa shape index (κ3) is 2.00. The molecule has 1 nitrogen and oxygen atoms in total. The third-order valence-electron chi connectivity index (χ3n) is 2.62. The Kier molecular flexibility index (Phi) is 3.41. The van der Waals surface area contributed by atoms with Crippen molar-refractivity contribution in [3.05, 3.63) is 59.2 Å². The van der Waals surface area contributed by atoms with Crippen LogP contribution in [-0.4, -0.2) is 7.11 Å². The molecule has 0 fully saturated rings. The highest BCUT2D eigenvalue weighted by Crippen LogP contribution is 2.35. The van der Waals surface area contributed by atoms with Gasteiger partial charge in [-0.05, 0) is 18.6 Å². The zero-order valence-corrected chi connectivity index (χ0v) is 9.44. The Morgan fingerprint density at radius 2 is 1.78 bits per heavy atom. The number of hydrogen-bond donors (Lipinski definition) is 0. The molecular weight excluding hydrogens is 248 g/mol. The quantitative estimate of drug-likeness (QED) is 0.576. The Balaban J connectivity index is 2.54. The van der Waals surface area contributed by atoms with Crippen molar-refractivity contribution in [3.8, 4) is 0 Å². The van der Waals surface area contributed by atoms with Crippen molar-refractivity contribution < 1.29 is 22.3 Å². The summed E-state index contributed by atoms with van der Waals surface area (Å²) in [7, 11) is 1.27. The Morgan fingerprint density at radius 1 is 1.06 bits per heavy atom. The predicted octanol–water partition coefficient (Wildman–Crippen LogP) is 3.92. The first-order chi connectivity index (χ1) is 8.56. The molecule has 1 aromatic rings. The maximum absolute atomic E-state index is 13.9. The summed E-state index contributed by atoms with van der Waals surface area (Å²) in [5.41, 5.74) is -0.459. The van der Waals surface area contributed by atoms with Crippen LogP contribution in [0.2, 0.25) is 0 Å². The summed E-state index contributed by atoms with van der Waals surface area (Å²) in [4.78, 5) is 0. The van der Waals surface area contributed by atoms with Gasteiger partial charge in [0.1, 0.15) is 5.76 Å². The van der Waals surface area contributed by atoms with Crippen LogP contribution in [0.3, 0.4) is 0 Å². The maximum Gasteiger partial charge on any atom is 0.195 e. The summed E-state index contributed by atoms with van der Waals surface area (Å²) in [6.45, 7) is 0. The van der Waals surface area contributed by atoms with Gasteiger partial charge < -0.3 is 4.74 Å². The number of ether oxygens (including phenoxy) is 1. The third-order valence-corrected chi connectivity index (χ3v) is 2.62. The molecule has 95 valence electrons. The standard InChI is InChI=1S/C13H9F4O/c1-18-10-4-2-3-7(11(10)15)8-5-6-9(14)13(17)12(8)16/h3-6H,2H2,1H3. The van der Waals surface area contributed by atoms with Gasteiger partial charge in [-0.2, -0.15) is 0 Å². The fraction of sp³-hybridized carbons (Fsp3) is 0.154. The second kappa shape index (κ2) is 4.84. The lowest BCUT2D eigenvalue weighted by Crippen LogP contribution is -2.04. The highest BCUT2D eigenvalue weighted by Gasteiger charge is 2.23. The topological polar surface area (TPSA) is 9.23 Å². The first kappa shape index (κ1) is 12.7. The van der Waals surface area contributed by atoms with Gasteiger partial charge >= 0.3 is 0 Å². The molecule has 0 aliphatic heterocycles. The maximum atomic E-state index is 13.9. The smallest absolute Gasteiger partial charge is 0.195 e. The summed E-state index contributed by atoms with van der Waals surface area (Å²) in [5, 5.41) is 0. The molecule has 0 atom stereocenters. The Morgan fingerprint density at radius 3 is 2.44 bits per heavy atom. The normalized spacial score (nSPS) is 15.7. The molecule has 1 aromatic carbocycles. The van der Waals surface area contributed by atoms with Gasteiger partial charge in [0.2, 0.25) is 0 Å². The van der Waals surface area contributed by atoms with E-state index in [2.05, 4.69) is 0 Å². The molecule has 18 heavy (non-hydrogen) atoms. The minimum atomic E-state index is -1.62. The molecule has 0 N–H and O–H groups in total. The first-order valence-corrected chi connectivity index (χ1v) is 5.17. The van der Waals surface area contributed by atoms with Crippen LogP contribution in [0.15, 0.2) is 29.8 Å². The number of rotatable bonds is 2. The lowest BCUT2D eigenvalue weighted by atomic mass is 9.96. The van der Waals surface area contributed by atoms with Gasteiger partial charge in [-0.3, -0.25) is 0 Å². The molecule has 0 saturated heterocycles. The van der Waals surface area contributed by atoms with Crippen molar-refractivity contribution in [2.75, 3.05) is 7.11 Å². The highest BCUT2D eigenvalue weighted by molar-refractivity contribution is 5.79. The molecule has 0 unspecified atom stereocenters. The van der Waals surface area contributed by atoms with Crippen LogP contribution in [-0.2, 0) is 4.74 Å². The number of allylic oxidation sites excluding steroid dienone is 4. The second-order valence-electron chi connectivity index (χ2n) is 3.66. The van der Waals surface area contributed by atoms with E-state index in [1.165, 1.54) is 19.6 Å². The van der Waals surface area contributed by atoms with Crippen molar-refractivity contribution >= 4 is 5.57 Å². The number of benzene rings is 1. The zero-order chi connectivity index (χ0) is 13.3. The molecule has 0 aromatic heterocycles. The van der Waals surface area contributed by atoms with Crippen LogP contribution in [0.5, 0.6) is 0 Å². The minimum Gasteiger partial charge on any atom is -0.498 e. The molecule has 0 amide bonds. The highest BCUT2D eigenvalue weighted by atomic mass is 19.2. The van der Waals surface area contributed by atoms with Gasteiger partial charge in [-0.25, -0.2) is 17.6 Å². The van der Waals surface area contributed by atoms with E-state index in [-0.39, 0.29) is 16.9 Å². The summed E-state index contributed by atoms with van der Waals surface area (Å²) < 4.78 is 58.1. The van der Waals surface area contributed by atoms with Crippen molar-refractivity contribution in [2.24, 2.45) is 0 Å². The largest absolute Gasteiger partial charge is 0.498 e. The fourth-order valence-electron chi connectivity index (χ4n) is 1.73. The van der Waals surface area contributed by atoms with E-state index in [4.69, 9.17) is 4.74 Å². The molecular formula is C13H9F4O. The van der Waals surface area contributed by atoms with Crippen LogP contribution < -0.4 is 0 Å². The van der Waals surface area contributed by atoms with Gasteiger partial charge in [0, 0.05) is 17.6 Å².